The van der Waals surface area contributed by atoms with Gasteiger partial charge in [-0.1, -0.05) is 44.0 Å². The molecule has 0 bridgehead atoms. The van der Waals surface area contributed by atoms with Crippen molar-refractivity contribution in [3.63, 3.8) is 0 Å². The average Bonchev–Trinajstić information content (AvgIpc) is 2.96. The van der Waals surface area contributed by atoms with Crippen LogP contribution in [0.3, 0.4) is 0 Å². The van der Waals surface area contributed by atoms with Gasteiger partial charge in [0.25, 0.3) is 5.91 Å². The van der Waals surface area contributed by atoms with E-state index in [4.69, 9.17) is 0 Å². The number of nitrogens with one attached hydrogen (secondary N) is 1. The van der Waals surface area contributed by atoms with Crippen LogP contribution in [0.25, 0.3) is 0 Å². The molecular weight excluding hydrogens is 338 g/mol. The molecule has 1 aromatic rings. The zero-order valence-corrected chi connectivity index (χ0v) is 15.1. The molecule has 0 aromatic heterocycles. The Balaban J connectivity index is 1.92. The molecule has 0 atom stereocenters. The molecule has 1 aliphatic rings. The van der Waals surface area contributed by atoms with Crippen LogP contribution in [0.2, 0.25) is 0 Å². The van der Waals surface area contributed by atoms with Gasteiger partial charge in [-0.15, -0.1) is 5.10 Å². The molecule has 0 spiro atoms. The summed E-state index contributed by atoms with van der Waals surface area (Å²) in [6, 6.07) is 8.17. The molecule has 6 nitrogen and oxygen atoms in total. The van der Waals surface area contributed by atoms with E-state index in [1.807, 2.05) is 12.1 Å². The molecule has 0 saturated carbocycles. The first kappa shape index (κ1) is 18.9. The highest BCUT2D eigenvalue weighted by Crippen LogP contribution is 2.23. The van der Waals surface area contributed by atoms with Crippen LogP contribution in [0.4, 0.5) is 0 Å². The first-order chi connectivity index (χ1) is 12.1. The number of nitrogens with zero attached hydrogens (tertiary/aromatic N) is 2. The van der Waals surface area contributed by atoms with Crippen LogP contribution in [0.15, 0.2) is 45.4 Å². The van der Waals surface area contributed by atoms with Gasteiger partial charge in [0.1, 0.15) is 0 Å². The number of carbonyl (C=O) groups excluding carboxylic acids is 2. The SMILES string of the molecule is CCCCCc1ccc(C=N/N=C2/NC(=O)/C(=C\C(=O)OC)S2)cc1. The van der Waals surface area contributed by atoms with Crippen LogP contribution in [0.5, 0.6) is 0 Å². The summed E-state index contributed by atoms with van der Waals surface area (Å²) in [5.41, 5.74) is 2.25. The van der Waals surface area contributed by atoms with Gasteiger partial charge in [-0.05, 0) is 35.7 Å². The van der Waals surface area contributed by atoms with E-state index in [-0.39, 0.29) is 10.8 Å². The third kappa shape index (κ3) is 6.19. The van der Waals surface area contributed by atoms with E-state index in [0.717, 1.165) is 29.8 Å². The van der Waals surface area contributed by atoms with Gasteiger partial charge in [0, 0.05) is 6.08 Å². The van der Waals surface area contributed by atoms with Crippen molar-refractivity contribution in [2.24, 2.45) is 10.2 Å². The molecule has 1 saturated heterocycles. The fraction of sp³-hybridized carbons (Fsp3) is 0.333. The highest BCUT2D eigenvalue weighted by Gasteiger charge is 2.24. The zero-order chi connectivity index (χ0) is 18.1. The summed E-state index contributed by atoms with van der Waals surface area (Å²) in [7, 11) is 1.26. The van der Waals surface area contributed by atoms with Crippen LogP contribution in [-0.2, 0) is 20.7 Å². The number of rotatable bonds is 7. The van der Waals surface area contributed by atoms with Crippen molar-refractivity contribution in [2.45, 2.75) is 32.6 Å². The zero-order valence-electron chi connectivity index (χ0n) is 14.3. The minimum Gasteiger partial charge on any atom is -0.466 e. The molecule has 1 heterocycles. The van der Waals surface area contributed by atoms with Gasteiger partial charge in [-0.2, -0.15) is 5.10 Å². The number of benzene rings is 1. The monoisotopic (exact) mass is 359 g/mol. The maximum absolute atomic E-state index is 11.7. The van der Waals surface area contributed by atoms with Gasteiger partial charge in [0.2, 0.25) is 0 Å². The lowest BCUT2D eigenvalue weighted by atomic mass is 10.1. The smallest absolute Gasteiger partial charge is 0.331 e. The van der Waals surface area contributed by atoms with Crippen LogP contribution in [0, 0.1) is 0 Å². The number of amidine groups is 1. The van der Waals surface area contributed by atoms with E-state index in [1.165, 1.54) is 31.9 Å². The molecule has 0 unspecified atom stereocenters. The van der Waals surface area contributed by atoms with Crippen molar-refractivity contribution in [2.75, 3.05) is 7.11 Å². The highest BCUT2D eigenvalue weighted by atomic mass is 32.2. The lowest BCUT2D eigenvalue weighted by molar-refractivity contribution is -0.135. The molecule has 7 heteroatoms. The molecule has 25 heavy (non-hydrogen) atoms. The third-order valence-electron chi connectivity index (χ3n) is 3.51. The Hall–Kier alpha value is -2.41. The predicted octanol–water partition coefficient (Wildman–Crippen LogP) is 3.03. The summed E-state index contributed by atoms with van der Waals surface area (Å²) in [5, 5.41) is 10.8. The first-order valence-electron chi connectivity index (χ1n) is 8.11. The molecule has 1 aromatic carbocycles. The fourth-order valence-electron chi connectivity index (χ4n) is 2.14. The average molecular weight is 359 g/mol. The second-order valence-corrected chi connectivity index (χ2v) is 6.47. The molecule has 0 radical (unpaired) electrons. The Labute approximate surface area is 151 Å². The number of hydrogen-bond donors (Lipinski definition) is 1. The standard InChI is InChI=1S/C18H21N3O3S/c1-3-4-5-6-13-7-9-14(10-8-13)12-19-21-18-20-17(23)15(25-18)11-16(22)24-2/h7-12H,3-6H2,1-2H3,(H,20,21,23)/b15-11+,19-12?. The van der Waals surface area contributed by atoms with Gasteiger partial charge in [0.15, 0.2) is 5.17 Å². The molecule has 1 N–H and O–H groups in total. The van der Waals surface area contributed by atoms with Crippen molar-refractivity contribution in [3.05, 3.63) is 46.4 Å². The lowest BCUT2D eigenvalue weighted by Crippen LogP contribution is -2.19. The number of esters is 1. The molecule has 2 rings (SSSR count). The van der Waals surface area contributed by atoms with E-state index < -0.39 is 5.97 Å². The van der Waals surface area contributed by atoms with Crippen LogP contribution >= 0.6 is 11.8 Å². The molecule has 1 fully saturated rings. The molecular formula is C18H21N3O3S. The second kappa shape index (κ2) is 9.78. The quantitative estimate of drug-likeness (QED) is 0.267. The van der Waals surface area contributed by atoms with Crippen molar-refractivity contribution in [1.29, 1.82) is 0 Å². The van der Waals surface area contributed by atoms with E-state index >= 15 is 0 Å². The van der Waals surface area contributed by atoms with Crippen molar-refractivity contribution in [1.82, 2.24) is 5.32 Å². The topological polar surface area (TPSA) is 80.1 Å². The van der Waals surface area contributed by atoms with E-state index in [2.05, 4.69) is 39.3 Å². The van der Waals surface area contributed by atoms with Crippen LogP contribution in [-0.4, -0.2) is 30.4 Å². The predicted molar refractivity (Wildman–Crippen MR) is 101 cm³/mol. The minimum absolute atomic E-state index is 0.234. The van der Waals surface area contributed by atoms with Gasteiger partial charge in [-0.3, -0.25) is 10.1 Å². The normalized spacial score (nSPS) is 17.4. The summed E-state index contributed by atoms with van der Waals surface area (Å²) >= 11 is 1.05. The molecule has 132 valence electrons. The number of unbranched alkanes of at least 4 members (excludes halogenated alkanes) is 2. The largest absolute Gasteiger partial charge is 0.466 e. The maximum Gasteiger partial charge on any atom is 0.331 e. The van der Waals surface area contributed by atoms with Crippen LogP contribution in [0.1, 0.15) is 37.3 Å². The summed E-state index contributed by atoms with van der Waals surface area (Å²) in [6.45, 7) is 2.19. The summed E-state index contributed by atoms with van der Waals surface area (Å²) in [5.74, 6) is -0.970. The van der Waals surface area contributed by atoms with Gasteiger partial charge in [-0.25, -0.2) is 4.79 Å². The fourth-order valence-corrected chi connectivity index (χ4v) is 2.88. The van der Waals surface area contributed by atoms with E-state index in [1.54, 1.807) is 6.21 Å². The Morgan fingerprint density at radius 3 is 2.72 bits per heavy atom. The number of carbonyl (C=O) groups is 2. The third-order valence-corrected chi connectivity index (χ3v) is 4.41. The number of thioether (sulfide) groups is 1. The Bertz CT molecular complexity index is 709. The Kier molecular flexibility index (Phi) is 7.40. The molecule has 1 aliphatic heterocycles. The van der Waals surface area contributed by atoms with Crippen molar-refractivity contribution >= 4 is 35.0 Å². The number of amides is 1. The van der Waals surface area contributed by atoms with Crippen molar-refractivity contribution in [3.8, 4) is 0 Å². The summed E-state index contributed by atoms with van der Waals surface area (Å²) in [4.78, 5) is 23.1. The van der Waals surface area contributed by atoms with Crippen molar-refractivity contribution < 1.29 is 14.3 Å². The lowest BCUT2D eigenvalue weighted by Gasteiger charge is -2.00. The number of methoxy groups -OCH3 is 1. The molecule has 1 amide bonds. The summed E-state index contributed by atoms with van der Waals surface area (Å²) in [6.07, 6.45) is 7.51. The minimum atomic E-state index is -0.582. The van der Waals surface area contributed by atoms with E-state index in [0.29, 0.717) is 5.17 Å². The molecule has 0 aliphatic carbocycles. The maximum atomic E-state index is 11.7. The van der Waals surface area contributed by atoms with Gasteiger partial charge in [0.05, 0.1) is 18.2 Å². The second-order valence-electron chi connectivity index (χ2n) is 5.44. The Morgan fingerprint density at radius 2 is 2.04 bits per heavy atom. The highest BCUT2D eigenvalue weighted by molar-refractivity contribution is 8.18. The van der Waals surface area contributed by atoms with E-state index in [9.17, 15) is 9.59 Å². The number of hydrogen-bond acceptors (Lipinski definition) is 6. The number of aryl methyl sites for hydroxylation is 1. The Morgan fingerprint density at radius 1 is 1.28 bits per heavy atom. The van der Waals surface area contributed by atoms with Crippen LogP contribution < -0.4 is 5.32 Å². The van der Waals surface area contributed by atoms with Gasteiger partial charge < -0.3 is 4.74 Å². The number of ether oxygens (including phenoxy) is 1. The van der Waals surface area contributed by atoms with Gasteiger partial charge >= 0.3 is 5.97 Å². The first-order valence-corrected chi connectivity index (χ1v) is 8.93. The summed E-state index contributed by atoms with van der Waals surface area (Å²) < 4.78 is 4.50.